The van der Waals surface area contributed by atoms with Gasteiger partial charge in [-0.2, -0.15) is 0 Å². The van der Waals surface area contributed by atoms with Gasteiger partial charge >= 0.3 is 7.82 Å². The average molecular weight is 217 g/mol. The molecule has 13 heavy (non-hydrogen) atoms. The molecule has 0 amide bonds. The van der Waals surface area contributed by atoms with Crippen LogP contribution >= 0.6 is 7.82 Å². The Labute approximate surface area is 74.5 Å². The van der Waals surface area contributed by atoms with Crippen molar-refractivity contribution in [1.82, 2.24) is 0 Å². The van der Waals surface area contributed by atoms with Gasteiger partial charge in [0.15, 0.2) is 6.29 Å². The van der Waals surface area contributed by atoms with Gasteiger partial charge in [0.2, 0.25) is 0 Å². The highest BCUT2D eigenvalue weighted by Crippen LogP contribution is 2.35. The summed E-state index contributed by atoms with van der Waals surface area (Å²) in [5, 5.41) is 8.38. The van der Waals surface area contributed by atoms with Crippen molar-refractivity contribution in [3.8, 4) is 0 Å². The molecule has 0 aromatic carbocycles. The molecule has 5 N–H and O–H groups in total. The standard InChI is InChI=1S/C3H7O6P.CH5NO/c4-1-3(5)2-9-10(6,7)8;1-3-2/h1,3,5H,2H2,(H2,6,7,8);2H2,1H3. The molecule has 0 heterocycles. The van der Waals surface area contributed by atoms with E-state index in [-0.39, 0.29) is 6.29 Å². The van der Waals surface area contributed by atoms with Crippen LogP contribution in [0.2, 0.25) is 0 Å². The highest BCUT2D eigenvalue weighted by Gasteiger charge is 2.15. The highest BCUT2D eigenvalue weighted by molar-refractivity contribution is 7.46. The van der Waals surface area contributed by atoms with E-state index in [1.165, 1.54) is 7.11 Å². The van der Waals surface area contributed by atoms with Crippen molar-refractivity contribution in [1.29, 1.82) is 0 Å². The smallest absolute Gasteiger partial charge is 0.383 e. The van der Waals surface area contributed by atoms with Gasteiger partial charge in [0, 0.05) is 0 Å². The van der Waals surface area contributed by atoms with E-state index in [0.717, 1.165) is 0 Å². The first kappa shape index (κ1) is 15.1. The highest BCUT2D eigenvalue weighted by atomic mass is 31.2. The predicted octanol–water partition coefficient (Wildman–Crippen LogP) is -1.84. The number of carbonyl (C=O) groups excluding carboxylic acids is 1. The molecule has 0 aliphatic rings. The Kier molecular flexibility index (Phi) is 9.63. The van der Waals surface area contributed by atoms with E-state index < -0.39 is 20.5 Å². The fraction of sp³-hybridized carbons (Fsp3) is 0.750. The van der Waals surface area contributed by atoms with Gasteiger partial charge in [0.25, 0.3) is 0 Å². The summed E-state index contributed by atoms with van der Waals surface area (Å²) in [5.41, 5.74) is 0. The number of phosphoric ester groups is 1. The minimum absolute atomic E-state index is 0.121. The maximum absolute atomic E-state index is 9.90. The molecule has 0 radical (unpaired) electrons. The second kappa shape index (κ2) is 8.27. The van der Waals surface area contributed by atoms with Gasteiger partial charge in [-0.1, -0.05) is 0 Å². The molecule has 9 heteroatoms. The molecule has 0 aromatic rings. The van der Waals surface area contributed by atoms with E-state index in [1.807, 2.05) is 0 Å². The lowest BCUT2D eigenvalue weighted by molar-refractivity contribution is -0.116. The van der Waals surface area contributed by atoms with E-state index in [0.29, 0.717) is 0 Å². The molecule has 0 fully saturated rings. The van der Waals surface area contributed by atoms with Crippen molar-refractivity contribution in [3.63, 3.8) is 0 Å². The monoisotopic (exact) mass is 217 g/mol. The Morgan fingerprint density at radius 3 is 2.23 bits per heavy atom. The van der Waals surface area contributed by atoms with Crippen molar-refractivity contribution < 1.29 is 33.6 Å². The largest absolute Gasteiger partial charge is 0.469 e. The molecule has 0 rings (SSSR count). The average Bonchev–Trinajstić information content (AvgIpc) is 2.00. The van der Waals surface area contributed by atoms with E-state index in [1.54, 1.807) is 0 Å². The zero-order valence-corrected chi connectivity index (χ0v) is 7.76. The molecule has 80 valence electrons. The van der Waals surface area contributed by atoms with E-state index >= 15 is 0 Å². The lowest BCUT2D eigenvalue weighted by Crippen LogP contribution is -2.15. The zero-order valence-electron chi connectivity index (χ0n) is 6.86. The van der Waals surface area contributed by atoms with Gasteiger partial charge in [0.1, 0.15) is 6.10 Å². The lowest BCUT2D eigenvalue weighted by Gasteiger charge is -2.04. The van der Waals surface area contributed by atoms with Crippen LogP contribution < -0.4 is 5.90 Å². The van der Waals surface area contributed by atoms with Gasteiger partial charge in [-0.15, -0.1) is 0 Å². The summed E-state index contributed by atoms with van der Waals surface area (Å²) in [4.78, 5) is 29.4. The predicted molar refractivity (Wildman–Crippen MR) is 41.3 cm³/mol. The first-order chi connectivity index (χ1) is 5.87. The van der Waals surface area contributed by atoms with Crippen molar-refractivity contribution in [2.24, 2.45) is 5.90 Å². The number of aldehydes is 1. The van der Waals surface area contributed by atoms with Crippen LogP contribution in [0.25, 0.3) is 0 Å². The summed E-state index contributed by atoms with van der Waals surface area (Å²) < 4.78 is 13.7. The van der Waals surface area contributed by atoms with Crippen LogP contribution in [0, 0.1) is 0 Å². The van der Waals surface area contributed by atoms with Crippen molar-refractivity contribution >= 4 is 14.1 Å². The fourth-order valence-corrected chi connectivity index (χ4v) is 0.560. The molecule has 0 spiro atoms. The quantitative estimate of drug-likeness (QED) is 0.245. The summed E-state index contributed by atoms with van der Waals surface area (Å²) in [6.07, 6.45) is -1.36. The summed E-state index contributed by atoms with van der Waals surface area (Å²) in [7, 11) is -3.15. The lowest BCUT2D eigenvalue weighted by atomic mass is 10.4. The van der Waals surface area contributed by atoms with Crippen molar-refractivity contribution in [2.75, 3.05) is 13.7 Å². The molecular formula is C4H12NO7P. The number of aliphatic hydroxyl groups is 1. The second-order valence-electron chi connectivity index (χ2n) is 1.73. The SMILES string of the molecule is CON.O=CC(O)COP(=O)(O)O. The van der Waals surface area contributed by atoms with E-state index in [2.05, 4.69) is 15.3 Å². The second-order valence-corrected chi connectivity index (χ2v) is 2.96. The molecule has 8 nitrogen and oxygen atoms in total. The topological polar surface area (TPSA) is 139 Å². The van der Waals surface area contributed by atoms with Crippen molar-refractivity contribution in [2.45, 2.75) is 6.10 Å². The van der Waals surface area contributed by atoms with Crippen LogP contribution in [0.5, 0.6) is 0 Å². The molecule has 0 aliphatic carbocycles. The number of nitrogens with two attached hydrogens (primary N) is 1. The molecule has 0 aromatic heterocycles. The number of rotatable bonds is 4. The third-order valence-electron chi connectivity index (χ3n) is 0.571. The van der Waals surface area contributed by atoms with Gasteiger partial charge in [-0.3, -0.25) is 4.52 Å². The van der Waals surface area contributed by atoms with Crippen LogP contribution in [-0.4, -0.2) is 41.0 Å². The normalized spacial score (nSPS) is 12.7. The molecular weight excluding hydrogens is 205 g/mol. The summed E-state index contributed by atoms with van der Waals surface area (Å²) in [6, 6.07) is 0. The first-order valence-electron chi connectivity index (χ1n) is 2.93. The first-order valence-corrected chi connectivity index (χ1v) is 4.46. The Morgan fingerprint density at radius 2 is 2.00 bits per heavy atom. The van der Waals surface area contributed by atoms with Crippen LogP contribution in [0.4, 0.5) is 0 Å². The Bertz CT molecular complexity index is 168. The van der Waals surface area contributed by atoms with Gasteiger partial charge in [0.05, 0.1) is 13.7 Å². The van der Waals surface area contributed by atoms with Gasteiger partial charge in [-0.25, -0.2) is 10.5 Å². The van der Waals surface area contributed by atoms with Gasteiger partial charge < -0.3 is 24.5 Å². The van der Waals surface area contributed by atoms with E-state index in [4.69, 9.17) is 14.9 Å². The Morgan fingerprint density at radius 1 is 1.62 bits per heavy atom. The molecule has 1 unspecified atom stereocenters. The fourth-order valence-electron chi connectivity index (χ4n) is 0.213. The minimum atomic E-state index is -4.55. The van der Waals surface area contributed by atoms with Crippen LogP contribution in [0.1, 0.15) is 0 Å². The number of phosphoric acid groups is 1. The number of carbonyl (C=O) groups is 1. The summed E-state index contributed by atoms with van der Waals surface area (Å²) >= 11 is 0. The van der Waals surface area contributed by atoms with Crippen LogP contribution in [-0.2, 0) is 18.7 Å². The molecule has 0 aliphatic heterocycles. The van der Waals surface area contributed by atoms with Gasteiger partial charge in [-0.05, 0) is 0 Å². The molecule has 0 saturated heterocycles. The number of hydrogen-bond donors (Lipinski definition) is 4. The molecule has 0 bridgehead atoms. The van der Waals surface area contributed by atoms with Crippen LogP contribution in [0.15, 0.2) is 0 Å². The maximum atomic E-state index is 9.90. The molecule has 0 saturated carbocycles. The third-order valence-corrected chi connectivity index (χ3v) is 1.06. The summed E-state index contributed by atoms with van der Waals surface area (Å²) in [6.45, 7) is -0.687. The zero-order chi connectivity index (χ0) is 10.9. The van der Waals surface area contributed by atoms with E-state index in [9.17, 15) is 9.36 Å². The number of hydrogen-bond acceptors (Lipinski definition) is 6. The minimum Gasteiger partial charge on any atom is -0.383 e. The Balaban J connectivity index is 0. The van der Waals surface area contributed by atoms with Crippen LogP contribution in [0.3, 0.4) is 0 Å². The molecule has 1 atom stereocenters. The number of aliphatic hydroxyl groups excluding tert-OH is 1. The summed E-state index contributed by atoms with van der Waals surface area (Å²) in [5.74, 6) is 4.35. The third kappa shape index (κ3) is 18.5. The Hall–Kier alpha value is -0.340. The van der Waals surface area contributed by atoms with Crippen molar-refractivity contribution in [3.05, 3.63) is 0 Å². The maximum Gasteiger partial charge on any atom is 0.469 e.